The average molecular weight is 195 g/mol. The third-order valence-corrected chi connectivity index (χ3v) is 1.85. The second-order valence-corrected chi connectivity index (χ2v) is 3.42. The van der Waals surface area contributed by atoms with Gasteiger partial charge in [-0.05, 0) is 18.6 Å². The van der Waals surface area contributed by atoms with Crippen molar-refractivity contribution in [1.82, 2.24) is 0 Å². The minimum Gasteiger partial charge on any atom is -0.293 e. The molecule has 0 fully saturated rings. The minimum atomic E-state index is -0.444. The molecule has 68 valence electrons. The molecule has 0 spiro atoms. The fourth-order valence-electron chi connectivity index (χ4n) is 0.875. The van der Waals surface area contributed by atoms with E-state index in [0.29, 0.717) is 0 Å². The van der Waals surface area contributed by atoms with Crippen molar-refractivity contribution in [3.63, 3.8) is 0 Å². The van der Waals surface area contributed by atoms with E-state index in [4.69, 9.17) is 11.6 Å². The Kier molecular flexibility index (Phi) is 3.71. The summed E-state index contributed by atoms with van der Waals surface area (Å²) in [7, 11) is 0. The third kappa shape index (κ3) is 3.43. The third-order valence-electron chi connectivity index (χ3n) is 1.63. The summed E-state index contributed by atoms with van der Waals surface area (Å²) in [5.74, 6) is -0.0643. The predicted octanol–water partition coefficient (Wildman–Crippen LogP) is 2.90. The maximum Gasteiger partial charge on any atom is 0.173 e. The number of allylic oxidation sites excluding steroid dienone is 1. The van der Waals surface area contributed by atoms with Crippen molar-refractivity contribution in [2.75, 3.05) is 0 Å². The van der Waals surface area contributed by atoms with Crippen LogP contribution in [0.1, 0.15) is 12.5 Å². The van der Waals surface area contributed by atoms with Crippen LogP contribution in [0.2, 0.25) is 0 Å². The number of ketones is 1. The molecule has 1 aromatic rings. The number of carbonyl (C=O) groups excluding carboxylic acids is 1. The molecule has 0 aliphatic heterocycles. The summed E-state index contributed by atoms with van der Waals surface area (Å²) in [5, 5.41) is -0.444. The van der Waals surface area contributed by atoms with Gasteiger partial charge in [0.25, 0.3) is 0 Å². The quantitative estimate of drug-likeness (QED) is 0.534. The van der Waals surface area contributed by atoms with Crippen LogP contribution in [0.15, 0.2) is 36.4 Å². The van der Waals surface area contributed by atoms with Gasteiger partial charge >= 0.3 is 0 Å². The summed E-state index contributed by atoms with van der Waals surface area (Å²) in [4.78, 5) is 11.1. The van der Waals surface area contributed by atoms with Gasteiger partial charge in [-0.15, -0.1) is 11.6 Å². The molecule has 0 N–H and O–H groups in total. The highest BCUT2D eigenvalue weighted by molar-refractivity contribution is 6.32. The van der Waals surface area contributed by atoms with Gasteiger partial charge in [-0.25, -0.2) is 0 Å². The molecule has 13 heavy (non-hydrogen) atoms. The molecule has 0 radical (unpaired) electrons. The van der Waals surface area contributed by atoms with Gasteiger partial charge in [-0.2, -0.15) is 0 Å². The number of carbonyl (C=O) groups is 1. The van der Waals surface area contributed by atoms with E-state index in [9.17, 15) is 4.79 Å². The summed E-state index contributed by atoms with van der Waals surface area (Å²) >= 11 is 5.59. The zero-order chi connectivity index (χ0) is 9.68. The second-order valence-electron chi connectivity index (χ2n) is 2.76. The van der Waals surface area contributed by atoms with Crippen LogP contribution >= 0.6 is 11.6 Å². The smallest absolute Gasteiger partial charge is 0.173 e. The van der Waals surface area contributed by atoms with E-state index in [1.165, 1.54) is 6.08 Å². The van der Waals surface area contributed by atoms with Gasteiger partial charge in [-0.1, -0.05) is 36.4 Å². The minimum absolute atomic E-state index is 0.0643. The molecule has 0 aliphatic rings. The Bertz CT molecular complexity index is 301. The Morgan fingerprint density at radius 3 is 2.54 bits per heavy atom. The fraction of sp³-hybridized carbons (Fsp3) is 0.182. The summed E-state index contributed by atoms with van der Waals surface area (Å²) in [5.41, 5.74) is 1.01. The van der Waals surface area contributed by atoms with E-state index in [0.717, 1.165) is 5.56 Å². The maximum atomic E-state index is 11.1. The molecule has 0 saturated carbocycles. The van der Waals surface area contributed by atoms with Gasteiger partial charge < -0.3 is 0 Å². The van der Waals surface area contributed by atoms with Crippen LogP contribution in [0.5, 0.6) is 0 Å². The van der Waals surface area contributed by atoms with Crippen LogP contribution in [0.4, 0.5) is 0 Å². The highest BCUT2D eigenvalue weighted by atomic mass is 35.5. The molecule has 1 atom stereocenters. The topological polar surface area (TPSA) is 17.1 Å². The lowest BCUT2D eigenvalue weighted by Crippen LogP contribution is -2.05. The van der Waals surface area contributed by atoms with Crippen molar-refractivity contribution in [2.24, 2.45) is 0 Å². The molecule has 2 heteroatoms. The first-order valence-corrected chi connectivity index (χ1v) is 4.55. The van der Waals surface area contributed by atoms with E-state index in [2.05, 4.69) is 0 Å². The summed E-state index contributed by atoms with van der Waals surface area (Å²) in [6.07, 6.45) is 3.27. The number of alkyl halides is 1. The SMILES string of the molecule is CC(Cl)C(=O)C=Cc1ccccc1. The van der Waals surface area contributed by atoms with E-state index >= 15 is 0 Å². The van der Waals surface area contributed by atoms with Gasteiger partial charge in [0.15, 0.2) is 5.78 Å². The molecule has 1 aromatic carbocycles. The van der Waals surface area contributed by atoms with Crippen molar-refractivity contribution in [1.29, 1.82) is 0 Å². The largest absolute Gasteiger partial charge is 0.293 e. The zero-order valence-electron chi connectivity index (χ0n) is 7.41. The lowest BCUT2D eigenvalue weighted by atomic mass is 10.2. The van der Waals surface area contributed by atoms with Gasteiger partial charge in [0.1, 0.15) is 0 Å². The van der Waals surface area contributed by atoms with Crippen LogP contribution < -0.4 is 0 Å². The maximum absolute atomic E-state index is 11.1. The van der Waals surface area contributed by atoms with Crippen molar-refractivity contribution in [3.8, 4) is 0 Å². The number of halogens is 1. The normalized spacial score (nSPS) is 13.1. The molecule has 0 amide bonds. The summed E-state index contributed by atoms with van der Waals surface area (Å²) in [6, 6.07) is 9.65. The standard InChI is InChI=1S/C11H11ClO/c1-9(12)11(13)8-7-10-5-3-2-4-6-10/h2-9H,1H3. The van der Waals surface area contributed by atoms with Gasteiger partial charge in [0.05, 0.1) is 5.38 Å². The average Bonchev–Trinajstić information content (AvgIpc) is 2.15. The van der Waals surface area contributed by atoms with Crippen molar-refractivity contribution in [2.45, 2.75) is 12.3 Å². The number of hydrogen-bond acceptors (Lipinski definition) is 1. The summed E-state index contributed by atoms with van der Waals surface area (Å²) in [6.45, 7) is 1.67. The highest BCUT2D eigenvalue weighted by Gasteiger charge is 2.03. The first-order chi connectivity index (χ1) is 6.20. The Labute approximate surface area is 83.0 Å². The molecule has 0 heterocycles. The monoisotopic (exact) mass is 194 g/mol. The van der Waals surface area contributed by atoms with Crippen molar-refractivity contribution >= 4 is 23.5 Å². The van der Waals surface area contributed by atoms with Crippen molar-refractivity contribution in [3.05, 3.63) is 42.0 Å². The van der Waals surface area contributed by atoms with Crippen molar-refractivity contribution < 1.29 is 4.79 Å². The second kappa shape index (κ2) is 4.83. The molecule has 0 aliphatic carbocycles. The molecule has 0 aromatic heterocycles. The van der Waals surface area contributed by atoms with E-state index in [-0.39, 0.29) is 5.78 Å². The van der Waals surface area contributed by atoms with Crippen LogP contribution in [-0.2, 0) is 4.79 Å². The molecule has 0 saturated heterocycles. The number of benzene rings is 1. The molecule has 1 nitrogen and oxygen atoms in total. The van der Waals surface area contributed by atoms with Crippen LogP contribution in [0.3, 0.4) is 0 Å². The lowest BCUT2D eigenvalue weighted by molar-refractivity contribution is -0.113. The molecular formula is C11H11ClO. The molecule has 0 bridgehead atoms. The summed E-state index contributed by atoms with van der Waals surface area (Å²) < 4.78 is 0. The van der Waals surface area contributed by atoms with E-state index in [1.54, 1.807) is 13.0 Å². The van der Waals surface area contributed by atoms with E-state index in [1.807, 2.05) is 30.3 Å². The first kappa shape index (κ1) is 10.0. The fourth-order valence-corrected chi connectivity index (χ4v) is 0.948. The Morgan fingerprint density at radius 1 is 1.38 bits per heavy atom. The Hall–Kier alpha value is -1.08. The van der Waals surface area contributed by atoms with Crippen LogP contribution in [-0.4, -0.2) is 11.2 Å². The van der Waals surface area contributed by atoms with Gasteiger partial charge in [0, 0.05) is 0 Å². The number of hydrogen-bond donors (Lipinski definition) is 0. The van der Waals surface area contributed by atoms with Gasteiger partial charge in [-0.3, -0.25) is 4.79 Å². The molecule has 1 unspecified atom stereocenters. The molecular weight excluding hydrogens is 184 g/mol. The number of rotatable bonds is 3. The lowest BCUT2D eigenvalue weighted by Gasteiger charge is -1.94. The van der Waals surface area contributed by atoms with Crippen LogP contribution in [0.25, 0.3) is 6.08 Å². The Balaban J connectivity index is 2.64. The highest BCUT2D eigenvalue weighted by Crippen LogP contribution is 2.03. The first-order valence-electron chi connectivity index (χ1n) is 4.11. The van der Waals surface area contributed by atoms with Crippen LogP contribution in [0, 0.1) is 0 Å². The van der Waals surface area contributed by atoms with E-state index < -0.39 is 5.38 Å². The zero-order valence-corrected chi connectivity index (χ0v) is 8.16. The predicted molar refractivity (Wildman–Crippen MR) is 55.8 cm³/mol. The Morgan fingerprint density at radius 2 is 2.00 bits per heavy atom. The van der Waals surface area contributed by atoms with Gasteiger partial charge in [0.2, 0.25) is 0 Å². The molecule has 1 rings (SSSR count).